The van der Waals surface area contributed by atoms with Crippen LogP contribution in [-0.4, -0.2) is 5.91 Å². The van der Waals surface area contributed by atoms with Gasteiger partial charge in [-0.15, -0.1) is 0 Å². The summed E-state index contributed by atoms with van der Waals surface area (Å²) in [4.78, 5) is 10.5. The second-order valence-corrected chi connectivity index (χ2v) is 3.68. The number of nitrogen functional groups attached to an aromatic ring is 1. The van der Waals surface area contributed by atoms with Gasteiger partial charge >= 0.3 is 0 Å². The molecule has 19 heavy (non-hydrogen) atoms. The van der Waals surface area contributed by atoms with Gasteiger partial charge in [0.25, 0.3) is 0 Å². The van der Waals surface area contributed by atoms with Crippen LogP contribution in [0.3, 0.4) is 0 Å². The zero-order valence-corrected chi connectivity index (χ0v) is 10.4. The first kappa shape index (κ1) is 14.6. The largest absolute Gasteiger partial charge is 0.396 e. The predicted molar refractivity (Wildman–Crippen MR) is 71.5 cm³/mol. The summed E-state index contributed by atoms with van der Waals surface area (Å²) in [6.45, 7) is 1.34. The summed E-state index contributed by atoms with van der Waals surface area (Å²) in [5.74, 6) is -1.04. The van der Waals surface area contributed by atoms with E-state index >= 15 is 0 Å². The summed E-state index contributed by atoms with van der Waals surface area (Å²) in [6.07, 6.45) is 0. The smallest absolute Gasteiger partial charge is 0.221 e. The van der Waals surface area contributed by atoms with E-state index in [1.165, 1.54) is 31.2 Å². The number of nitrogens with one attached hydrogen (secondary N) is 1. The molecule has 0 saturated heterocycles. The molecule has 0 bridgehead atoms. The zero-order chi connectivity index (χ0) is 14.3. The Balaban J connectivity index is 0.000000200. The van der Waals surface area contributed by atoms with Crippen LogP contribution >= 0.6 is 0 Å². The van der Waals surface area contributed by atoms with Crippen molar-refractivity contribution < 1.29 is 13.6 Å². The Morgan fingerprint density at radius 1 is 1.00 bits per heavy atom. The molecule has 3 N–H and O–H groups in total. The molecule has 0 unspecified atom stereocenters. The van der Waals surface area contributed by atoms with Crippen molar-refractivity contribution in [3.63, 3.8) is 0 Å². The van der Waals surface area contributed by atoms with Gasteiger partial charge in [0.1, 0.15) is 11.6 Å². The minimum absolute atomic E-state index is 0.201. The van der Waals surface area contributed by atoms with Crippen LogP contribution in [0.15, 0.2) is 48.5 Å². The molecular weight excluding hydrogens is 250 g/mol. The molecule has 0 atom stereocenters. The van der Waals surface area contributed by atoms with Gasteiger partial charge in [-0.3, -0.25) is 4.79 Å². The first-order valence-electron chi connectivity index (χ1n) is 5.53. The van der Waals surface area contributed by atoms with E-state index in [2.05, 4.69) is 5.32 Å². The number of para-hydroxylation sites is 2. The monoisotopic (exact) mass is 264 g/mol. The van der Waals surface area contributed by atoms with Gasteiger partial charge in [-0.05, 0) is 24.3 Å². The highest BCUT2D eigenvalue weighted by atomic mass is 19.1. The molecule has 0 heterocycles. The highest BCUT2D eigenvalue weighted by Crippen LogP contribution is 2.11. The van der Waals surface area contributed by atoms with Crippen molar-refractivity contribution in [2.24, 2.45) is 0 Å². The third-order valence-corrected chi connectivity index (χ3v) is 2.09. The molecule has 0 aliphatic heterocycles. The van der Waals surface area contributed by atoms with Gasteiger partial charge < -0.3 is 11.1 Å². The molecule has 0 aliphatic rings. The van der Waals surface area contributed by atoms with Crippen LogP contribution in [0, 0.1) is 11.6 Å². The number of carbonyl (C=O) groups excluding carboxylic acids is 1. The summed E-state index contributed by atoms with van der Waals surface area (Å²) in [5, 5.41) is 2.36. The topological polar surface area (TPSA) is 55.1 Å². The number of carbonyl (C=O) groups is 1. The van der Waals surface area contributed by atoms with Crippen LogP contribution in [-0.2, 0) is 4.79 Å². The standard InChI is InChI=1S/C8H8FNO.C6H6FN/c1-6(11)10-8-5-3-2-4-7(8)9;7-5-3-1-2-4-6(5)8/h2-5H,1H3,(H,10,11);1-4H,8H2. The van der Waals surface area contributed by atoms with Gasteiger partial charge in [0, 0.05) is 6.92 Å². The van der Waals surface area contributed by atoms with E-state index in [9.17, 15) is 13.6 Å². The lowest BCUT2D eigenvalue weighted by molar-refractivity contribution is -0.114. The van der Waals surface area contributed by atoms with Gasteiger partial charge in [-0.1, -0.05) is 24.3 Å². The number of rotatable bonds is 1. The Kier molecular flexibility index (Phi) is 5.47. The quantitative estimate of drug-likeness (QED) is 0.777. The number of anilines is 2. The van der Waals surface area contributed by atoms with Crippen LogP contribution in [0.4, 0.5) is 20.2 Å². The maximum absolute atomic E-state index is 12.7. The molecule has 0 radical (unpaired) electrons. The highest BCUT2D eigenvalue weighted by Gasteiger charge is 1.99. The Hall–Kier alpha value is -2.43. The summed E-state index contributed by atoms with van der Waals surface area (Å²) in [5.41, 5.74) is 5.57. The van der Waals surface area contributed by atoms with Crippen molar-refractivity contribution in [3.05, 3.63) is 60.2 Å². The molecular formula is C14H14F2N2O. The van der Waals surface area contributed by atoms with E-state index in [-0.39, 0.29) is 23.1 Å². The van der Waals surface area contributed by atoms with E-state index in [1.54, 1.807) is 24.3 Å². The van der Waals surface area contributed by atoms with Crippen molar-refractivity contribution in [1.29, 1.82) is 0 Å². The first-order chi connectivity index (χ1) is 9.00. The molecule has 3 nitrogen and oxygen atoms in total. The normalized spacial score (nSPS) is 9.21. The summed E-state index contributed by atoms with van der Waals surface area (Å²) < 4.78 is 24.9. The van der Waals surface area contributed by atoms with Crippen molar-refractivity contribution >= 4 is 17.3 Å². The zero-order valence-electron chi connectivity index (χ0n) is 10.4. The van der Waals surface area contributed by atoms with E-state index in [1.807, 2.05) is 0 Å². The third kappa shape index (κ3) is 5.16. The summed E-state index contributed by atoms with van der Waals surface area (Å²) >= 11 is 0. The van der Waals surface area contributed by atoms with Crippen molar-refractivity contribution in [1.82, 2.24) is 0 Å². The molecule has 2 aromatic carbocycles. The lowest BCUT2D eigenvalue weighted by Crippen LogP contribution is -2.06. The van der Waals surface area contributed by atoms with E-state index < -0.39 is 5.82 Å². The summed E-state index contributed by atoms with van der Waals surface area (Å²) in [6, 6.07) is 12.2. The molecule has 2 rings (SSSR count). The number of hydrogen-bond acceptors (Lipinski definition) is 2. The van der Waals surface area contributed by atoms with Gasteiger partial charge in [-0.2, -0.15) is 0 Å². The minimum atomic E-state index is -0.414. The van der Waals surface area contributed by atoms with E-state index in [0.717, 1.165) is 0 Å². The average molecular weight is 264 g/mol. The second kappa shape index (κ2) is 7.10. The lowest BCUT2D eigenvalue weighted by atomic mass is 10.3. The summed E-state index contributed by atoms with van der Waals surface area (Å²) in [7, 11) is 0. The Bertz CT molecular complexity index is 538. The van der Waals surface area contributed by atoms with Crippen molar-refractivity contribution in [3.8, 4) is 0 Å². The molecule has 100 valence electrons. The number of hydrogen-bond donors (Lipinski definition) is 2. The fraction of sp³-hybridized carbons (Fsp3) is 0.0714. The fourth-order valence-electron chi connectivity index (χ4n) is 1.23. The van der Waals surface area contributed by atoms with Crippen LogP contribution < -0.4 is 11.1 Å². The maximum atomic E-state index is 12.7. The molecule has 0 aromatic heterocycles. The van der Waals surface area contributed by atoms with E-state index in [4.69, 9.17) is 5.73 Å². The molecule has 0 spiro atoms. The molecule has 0 aliphatic carbocycles. The molecule has 5 heteroatoms. The lowest BCUT2D eigenvalue weighted by Gasteiger charge is -2.01. The van der Waals surface area contributed by atoms with Crippen LogP contribution in [0.2, 0.25) is 0 Å². The number of halogens is 2. The maximum Gasteiger partial charge on any atom is 0.221 e. The van der Waals surface area contributed by atoms with Gasteiger partial charge in [0.05, 0.1) is 11.4 Å². The third-order valence-electron chi connectivity index (χ3n) is 2.09. The number of nitrogens with two attached hydrogens (primary N) is 1. The minimum Gasteiger partial charge on any atom is -0.396 e. The fourth-order valence-corrected chi connectivity index (χ4v) is 1.23. The Morgan fingerprint density at radius 3 is 1.95 bits per heavy atom. The SMILES string of the molecule is CC(=O)Nc1ccccc1F.Nc1ccccc1F. The van der Waals surface area contributed by atoms with E-state index in [0.29, 0.717) is 0 Å². The van der Waals surface area contributed by atoms with Crippen molar-refractivity contribution in [2.75, 3.05) is 11.1 Å². The predicted octanol–water partition coefficient (Wildman–Crippen LogP) is 3.19. The van der Waals surface area contributed by atoms with Crippen LogP contribution in [0.5, 0.6) is 0 Å². The molecule has 0 fully saturated rings. The molecule has 0 saturated carbocycles. The second-order valence-electron chi connectivity index (χ2n) is 3.68. The Labute approximate surface area is 110 Å². The van der Waals surface area contributed by atoms with Gasteiger partial charge in [0.2, 0.25) is 5.91 Å². The van der Waals surface area contributed by atoms with Crippen LogP contribution in [0.1, 0.15) is 6.92 Å². The number of benzene rings is 2. The first-order valence-corrected chi connectivity index (χ1v) is 5.53. The number of amides is 1. The molecule has 1 amide bonds. The van der Waals surface area contributed by atoms with Gasteiger partial charge in [-0.25, -0.2) is 8.78 Å². The van der Waals surface area contributed by atoms with Crippen molar-refractivity contribution in [2.45, 2.75) is 6.92 Å². The Morgan fingerprint density at radius 2 is 1.53 bits per heavy atom. The highest BCUT2D eigenvalue weighted by molar-refractivity contribution is 5.88. The van der Waals surface area contributed by atoms with Crippen LogP contribution in [0.25, 0.3) is 0 Å². The molecule has 2 aromatic rings. The average Bonchev–Trinajstić information content (AvgIpc) is 2.36. The van der Waals surface area contributed by atoms with Gasteiger partial charge in [0.15, 0.2) is 0 Å².